The Hall–Kier alpha value is -2.25. The van der Waals surface area contributed by atoms with Crippen LogP contribution in [-0.4, -0.2) is 34.7 Å². The van der Waals surface area contributed by atoms with E-state index in [1.54, 1.807) is 24.3 Å². The lowest BCUT2D eigenvalue weighted by Crippen LogP contribution is -2.23. The van der Waals surface area contributed by atoms with Crippen LogP contribution >= 0.6 is 11.6 Å². The van der Waals surface area contributed by atoms with Gasteiger partial charge in [-0.25, -0.2) is 8.42 Å². The predicted molar refractivity (Wildman–Crippen MR) is 102 cm³/mol. The summed E-state index contributed by atoms with van der Waals surface area (Å²) in [6.07, 6.45) is 1.07. The highest BCUT2D eigenvalue weighted by Gasteiger charge is 2.09. The Morgan fingerprint density at radius 3 is 2.28 bits per heavy atom. The smallest absolute Gasteiger partial charge is 0.251 e. The van der Waals surface area contributed by atoms with Crippen molar-refractivity contribution in [2.45, 2.75) is 6.54 Å². The Balaban J connectivity index is 2.01. The van der Waals surface area contributed by atoms with Crippen LogP contribution in [0, 0.1) is 0 Å². The Morgan fingerprint density at radius 1 is 1.12 bits per heavy atom. The van der Waals surface area contributed by atoms with Gasteiger partial charge in [-0.3, -0.25) is 9.52 Å². The molecule has 134 valence electrons. The van der Waals surface area contributed by atoms with Crippen LogP contribution in [0.15, 0.2) is 42.5 Å². The minimum atomic E-state index is -3.36. The fraction of sp³-hybridized carbons (Fsp3) is 0.235. The van der Waals surface area contributed by atoms with E-state index in [4.69, 9.17) is 11.6 Å². The number of amides is 1. The molecule has 25 heavy (non-hydrogen) atoms. The first-order chi connectivity index (χ1) is 11.7. The maximum atomic E-state index is 12.2. The van der Waals surface area contributed by atoms with E-state index in [1.807, 2.05) is 31.1 Å². The van der Waals surface area contributed by atoms with Gasteiger partial charge in [0.05, 0.1) is 6.26 Å². The molecule has 0 heterocycles. The molecule has 0 atom stereocenters. The molecule has 8 heteroatoms. The molecular weight excluding hydrogens is 362 g/mol. The van der Waals surface area contributed by atoms with Crippen molar-refractivity contribution >= 4 is 38.9 Å². The van der Waals surface area contributed by atoms with E-state index in [2.05, 4.69) is 10.0 Å². The SMILES string of the molecule is CN(C)c1ccc(C(=O)NCc2ccc(NS(C)(=O)=O)cc2Cl)cc1. The first-order valence-corrected chi connectivity index (χ1v) is 9.74. The number of carbonyl (C=O) groups is 1. The topological polar surface area (TPSA) is 78.5 Å². The first kappa shape index (κ1) is 19.1. The molecule has 0 aliphatic rings. The van der Waals surface area contributed by atoms with Crippen molar-refractivity contribution in [1.29, 1.82) is 0 Å². The van der Waals surface area contributed by atoms with Gasteiger partial charge in [0.2, 0.25) is 10.0 Å². The summed E-state index contributed by atoms with van der Waals surface area (Å²) in [5.74, 6) is -0.209. The number of benzene rings is 2. The van der Waals surface area contributed by atoms with Crippen LogP contribution in [0.25, 0.3) is 0 Å². The summed E-state index contributed by atoms with van der Waals surface area (Å²) in [5, 5.41) is 3.17. The molecule has 0 spiro atoms. The highest BCUT2D eigenvalue weighted by molar-refractivity contribution is 7.92. The molecule has 2 rings (SSSR count). The molecule has 1 amide bonds. The lowest BCUT2D eigenvalue weighted by Gasteiger charge is -2.13. The molecule has 0 fully saturated rings. The molecular formula is C17H20ClN3O3S. The fourth-order valence-corrected chi connectivity index (χ4v) is 2.96. The molecule has 0 unspecified atom stereocenters. The largest absolute Gasteiger partial charge is 0.378 e. The second-order valence-corrected chi connectivity index (χ2v) is 7.96. The Morgan fingerprint density at radius 2 is 1.76 bits per heavy atom. The second-order valence-electron chi connectivity index (χ2n) is 5.80. The van der Waals surface area contributed by atoms with E-state index < -0.39 is 10.0 Å². The third kappa shape index (κ3) is 5.65. The predicted octanol–water partition coefficient (Wildman–Crippen LogP) is 2.71. The average molecular weight is 382 g/mol. The third-order valence-electron chi connectivity index (χ3n) is 3.44. The first-order valence-electron chi connectivity index (χ1n) is 7.47. The van der Waals surface area contributed by atoms with Crippen LogP contribution in [-0.2, 0) is 16.6 Å². The summed E-state index contributed by atoms with van der Waals surface area (Å²) in [4.78, 5) is 14.2. The highest BCUT2D eigenvalue weighted by Crippen LogP contribution is 2.21. The van der Waals surface area contributed by atoms with Crippen LogP contribution < -0.4 is 14.9 Å². The lowest BCUT2D eigenvalue weighted by molar-refractivity contribution is 0.0951. The fourth-order valence-electron chi connectivity index (χ4n) is 2.16. The van der Waals surface area contributed by atoms with Crippen molar-refractivity contribution in [3.05, 3.63) is 58.6 Å². The van der Waals surface area contributed by atoms with E-state index in [-0.39, 0.29) is 12.5 Å². The van der Waals surface area contributed by atoms with E-state index in [0.717, 1.165) is 11.9 Å². The number of carbonyl (C=O) groups excluding carboxylic acids is 1. The van der Waals surface area contributed by atoms with Crippen molar-refractivity contribution in [2.24, 2.45) is 0 Å². The van der Waals surface area contributed by atoms with Gasteiger partial charge in [-0.2, -0.15) is 0 Å². The van der Waals surface area contributed by atoms with E-state index >= 15 is 0 Å². The highest BCUT2D eigenvalue weighted by atomic mass is 35.5. The summed E-state index contributed by atoms with van der Waals surface area (Å²) in [7, 11) is 0.500. The minimum Gasteiger partial charge on any atom is -0.378 e. The van der Waals surface area contributed by atoms with Crippen molar-refractivity contribution in [3.63, 3.8) is 0 Å². The number of rotatable bonds is 6. The molecule has 0 aliphatic heterocycles. The second kappa shape index (κ2) is 7.76. The van der Waals surface area contributed by atoms with E-state index in [9.17, 15) is 13.2 Å². The van der Waals surface area contributed by atoms with Crippen molar-refractivity contribution in [3.8, 4) is 0 Å². The monoisotopic (exact) mass is 381 g/mol. The molecule has 0 saturated carbocycles. The number of nitrogens with zero attached hydrogens (tertiary/aromatic N) is 1. The van der Waals surface area contributed by atoms with E-state index in [0.29, 0.717) is 21.8 Å². The number of nitrogens with one attached hydrogen (secondary N) is 2. The van der Waals surface area contributed by atoms with Gasteiger partial charge in [-0.15, -0.1) is 0 Å². The summed E-state index contributed by atoms with van der Waals surface area (Å²) in [6.45, 7) is 0.242. The van der Waals surface area contributed by atoms with Gasteiger partial charge in [0.1, 0.15) is 0 Å². The lowest BCUT2D eigenvalue weighted by atomic mass is 10.1. The zero-order valence-corrected chi connectivity index (χ0v) is 15.8. The molecule has 2 aromatic rings. The molecule has 6 nitrogen and oxygen atoms in total. The van der Waals surface area contributed by atoms with E-state index in [1.165, 1.54) is 6.07 Å². The number of halogens is 1. The maximum absolute atomic E-state index is 12.2. The van der Waals surface area contributed by atoms with Gasteiger partial charge in [0.25, 0.3) is 5.91 Å². The van der Waals surface area contributed by atoms with Crippen molar-refractivity contribution in [2.75, 3.05) is 30.0 Å². The summed E-state index contributed by atoms with van der Waals surface area (Å²) in [5.41, 5.74) is 2.63. The standard InChI is InChI=1S/C17H20ClN3O3S/c1-21(2)15-8-5-12(6-9-15)17(22)19-11-13-4-7-14(10-16(13)18)20-25(3,23)24/h4-10,20H,11H2,1-3H3,(H,19,22). The zero-order valence-electron chi connectivity index (χ0n) is 14.2. The maximum Gasteiger partial charge on any atom is 0.251 e. The van der Waals surface area contributed by atoms with Crippen molar-refractivity contribution in [1.82, 2.24) is 5.32 Å². The number of anilines is 2. The molecule has 0 aliphatic carbocycles. The van der Waals surface area contributed by atoms with Gasteiger partial charge in [0, 0.05) is 42.6 Å². The zero-order chi connectivity index (χ0) is 18.6. The molecule has 2 N–H and O–H groups in total. The quantitative estimate of drug-likeness (QED) is 0.806. The number of sulfonamides is 1. The molecule has 0 radical (unpaired) electrons. The summed E-state index contributed by atoms with van der Waals surface area (Å²) < 4.78 is 24.8. The van der Waals surface area contributed by atoms with Crippen LogP contribution in [0.4, 0.5) is 11.4 Å². The van der Waals surface area contributed by atoms with Crippen molar-refractivity contribution < 1.29 is 13.2 Å². The minimum absolute atomic E-state index is 0.209. The van der Waals surface area contributed by atoms with Gasteiger partial charge in [-0.1, -0.05) is 17.7 Å². The average Bonchev–Trinajstić information content (AvgIpc) is 2.52. The van der Waals surface area contributed by atoms with Gasteiger partial charge >= 0.3 is 0 Å². The normalized spacial score (nSPS) is 11.0. The molecule has 0 aromatic heterocycles. The summed E-state index contributed by atoms with van der Waals surface area (Å²) in [6, 6.07) is 12.0. The van der Waals surface area contributed by atoms with Crippen LogP contribution in [0.3, 0.4) is 0 Å². The van der Waals surface area contributed by atoms with Gasteiger partial charge < -0.3 is 10.2 Å². The molecule has 2 aromatic carbocycles. The third-order valence-corrected chi connectivity index (χ3v) is 4.40. The van der Waals surface area contributed by atoms with Crippen LogP contribution in [0.2, 0.25) is 5.02 Å². The van der Waals surface area contributed by atoms with Gasteiger partial charge in [0.15, 0.2) is 0 Å². The van der Waals surface area contributed by atoms with Gasteiger partial charge in [-0.05, 0) is 42.0 Å². The Labute approximate surface area is 152 Å². The molecule has 0 bridgehead atoms. The van der Waals surface area contributed by atoms with Crippen LogP contribution in [0.5, 0.6) is 0 Å². The number of hydrogen-bond donors (Lipinski definition) is 2. The summed E-state index contributed by atoms with van der Waals surface area (Å²) >= 11 is 6.15. The Bertz CT molecular complexity index is 865. The van der Waals surface area contributed by atoms with Crippen LogP contribution in [0.1, 0.15) is 15.9 Å². The Kier molecular flexibility index (Phi) is 5.92. The molecule has 0 saturated heterocycles. The number of hydrogen-bond acceptors (Lipinski definition) is 4.